The van der Waals surface area contributed by atoms with Gasteiger partial charge >= 0.3 is 0 Å². The van der Waals surface area contributed by atoms with Gasteiger partial charge in [-0.25, -0.2) is 4.68 Å². The van der Waals surface area contributed by atoms with Gasteiger partial charge in [-0.1, -0.05) is 77.1 Å². The molecule has 0 aliphatic carbocycles. The van der Waals surface area contributed by atoms with Crippen LogP contribution < -0.4 is 0 Å². The summed E-state index contributed by atoms with van der Waals surface area (Å²) in [6.45, 7) is 4.36. The van der Waals surface area contributed by atoms with E-state index in [0.29, 0.717) is 0 Å². The van der Waals surface area contributed by atoms with Crippen molar-refractivity contribution in [2.75, 3.05) is 0 Å². The van der Waals surface area contributed by atoms with E-state index in [0.717, 1.165) is 17.5 Å². The monoisotopic (exact) mass is 359 g/mol. The average molecular weight is 359 g/mol. The largest absolute Gasteiger partial charge is 0.228 e. The summed E-state index contributed by atoms with van der Waals surface area (Å²) in [5.74, 6) is 0. The third-order valence-electron chi connectivity index (χ3n) is 4.53. The zero-order chi connectivity index (χ0) is 18.0. The van der Waals surface area contributed by atoms with Gasteiger partial charge in [-0.05, 0) is 43.7 Å². The van der Waals surface area contributed by atoms with Gasteiger partial charge in [-0.2, -0.15) is 0 Å². The molecular weight excluding hydrogens is 338 g/mol. The molecule has 0 bridgehead atoms. The van der Waals surface area contributed by atoms with Gasteiger partial charge in [0.25, 0.3) is 0 Å². The van der Waals surface area contributed by atoms with Crippen molar-refractivity contribution in [3.8, 4) is 0 Å². The normalized spacial score (nSPS) is 13.6. The van der Waals surface area contributed by atoms with Crippen LogP contribution in [-0.2, 0) is 11.3 Å². The van der Waals surface area contributed by atoms with Gasteiger partial charge < -0.3 is 0 Å². The lowest BCUT2D eigenvalue weighted by Gasteiger charge is -2.30. The molecule has 4 heteroatoms. The van der Waals surface area contributed by atoms with Crippen LogP contribution in [-0.4, -0.2) is 15.0 Å². The lowest BCUT2D eigenvalue weighted by Crippen LogP contribution is -2.30. The summed E-state index contributed by atoms with van der Waals surface area (Å²) in [5, 5.41) is 8.90. The molecule has 0 amide bonds. The Balaban J connectivity index is 1.79. The summed E-state index contributed by atoms with van der Waals surface area (Å²) in [4.78, 5) is 0.939. The second kappa shape index (κ2) is 6.96. The Hall–Kier alpha value is -2.59. The van der Waals surface area contributed by atoms with Gasteiger partial charge in [-0.15, -0.1) is 5.10 Å². The molecule has 4 aromatic rings. The summed E-state index contributed by atoms with van der Waals surface area (Å²) in [6.07, 6.45) is 0.861. The van der Waals surface area contributed by atoms with Crippen molar-refractivity contribution >= 4 is 22.8 Å². The van der Waals surface area contributed by atoms with E-state index in [1.807, 2.05) is 36.0 Å². The van der Waals surface area contributed by atoms with Gasteiger partial charge in [0.2, 0.25) is 0 Å². The van der Waals surface area contributed by atoms with Crippen molar-refractivity contribution < 1.29 is 0 Å². The molecule has 0 N–H and O–H groups in total. The second-order valence-corrected chi connectivity index (χ2v) is 8.30. The molecule has 3 nitrogen and oxygen atoms in total. The number of hydrogen-bond acceptors (Lipinski definition) is 3. The van der Waals surface area contributed by atoms with Gasteiger partial charge in [0, 0.05) is 11.3 Å². The number of para-hydroxylation sites is 1. The number of rotatable bonds is 5. The fourth-order valence-corrected chi connectivity index (χ4v) is 4.46. The molecule has 130 valence electrons. The molecular formula is C22H21N3S. The van der Waals surface area contributed by atoms with Gasteiger partial charge in [0.05, 0.1) is 5.52 Å². The Bertz CT molecular complexity index is 1010. The van der Waals surface area contributed by atoms with Crippen LogP contribution in [0.1, 0.15) is 18.1 Å². The Morgan fingerprint density at radius 1 is 0.885 bits per heavy atom. The van der Waals surface area contributed by atoms with E-state index in [1.165, 1.54) is 16.0 Å². The molecule has 0 aliphatic rings. The summed E-state index contributed by atoms with van der Waals surface area (Å²) < 4.78 is 2.07. The molecule has 0 radical (unpaired) electrons. The van der Waals surface area contributed by atoms with E-state index in [9.17, 15) is 0 Å². The van der Waals surface area contributed by atoms with Gasteiger partial charge in [-0.3, -0.25) is 0 Å². The minimum Gasteiger partial charge on any atom is -0.228 e. The Kier molecular flexibility index (Phi) is 4.51. The number of fused-ring (bicyclic) bond motifs is 1. The zero-order valence-corrected chi connectivity index (χ0v) is 15.8. The summed E-state index contributed by atoms with van der Waals surface area (Å²) >= 11 is 1.82. The first-order valence-electron chi connectivity index (χ1n) is 8.75. The molecule has 4 rings (SSSR count). The minimum absolute atomic E-state index is 0.285. The van der Waals surface area contributed by atoms with E-state index >= 15 is 0 Å². The van der Waals surface area contributed by atoms with Gasteiger partial charge in [0.1, 0.15) is 10.4 Å². The van der Waals surface area contributed by atoms with E-state index in [1.54, 1.807) is 0 Å². The standard InChI is InChI=1S/C22H21N3S/c1-17-12-14-18(15-13-17)16-22(2,26-19-8-4-3-5-9-19)25-21-11-7-6-10-20(21)23-24-25/h3-15H,16H2,1-2H3. The lowest BCUT2D eigenvalue weighted by atomic mass is 10.0. The van der Waals surface area contributed by atoms with Crippen molar-refractivity contribution in [1.29, 1.82) is 0 Å². The Morgan fingerprint density at radius 2 is 1.58 bits per heavy atom. The van der Waals surface area contributed by atoms with Crippen molar-refractivity contribution in [1.82, 2.24) is 15.0 Å². The maximum atomic E-state index is 4.52. The van der Waals surface area contributed by atoms with Crippen LogP contribution in [0.5, 0.6) is 0 Å². The predicted octanol–water partition coefficient (Wildman–Crippen LogP) is 5.45. The average Bonchev–Trinajstić information content (AvgIpc) is 3.09. The van der Waals surface area contributed by atoms with Crippen LogP contribution >= 0.6 is 11.8 Å². The third-order valence-corrected chi connectivity index (χ3v) is 5.80. The van der Waals surface area contributed by atoms with E-state index in [2.05, 4.69) is 83.4 Å². The SMILES string of the molecule is Cc1ccc(CC(C)(Sc2ccccc2)n2nnc3ccccc32)cc1. The lowest BCUT2D eigenvalue weighted by molar-refractivity contribution is 0.436. The van der Waals surface area contributed by atoms with Crippen molar-refractivity contribution in [3.63, 3.8) is 0 Å². The molecule has 0 spiro atoms. The molecule has 1 atom stereocenters. The molecule has 1 unspecified atom stereocenters. The summed E-state index contributed by atoms with van der Waals surface area (Å²) in [5.41, 5.74) is 4.56. The number of nitrogens with zero attached hydrogens (tertiary/aromatic N) is 3. The highest BCUT2D eigenvalue weighted by molar-refractivity contribution is 8.00. The van der Waals surface area contributed by atoms with Crippen LogP contribution in [0.3, 0.4) is 0 Å². The topological polar surface area (TPSA) is 30.7 Å². The number of thioether (sulfide) groups is 1. The maximum absolute atomic E-state index is 4.52. The first-order valence-corrected chi connectivity index (χ1v) is 9.56. The molecule has 3 aromatic carbocycles. The van der Waals surface area contributed by atoms with E-state index in [-0.39, 0.29) is 4.87 Å². The molecule has 0 aliphatic heterocycles. The third kappa shape index (κ3) is 3.37. The number of benzene rings is 3. The van der Waals surface area contributed by atoms with Crippen LogP contribution in [0.4, 0.5) is 0 Å². The fourth-order valence-electron chi connectivity index (χ4n) is 3.20. The molecule has 0 fully saturated rings. The van der Waals surface area contributed by atoms with Crippen molar-refractivity contribution in [2.45, 2.75) is 30.0 Å². The van der Waals surface area contributed by atoms with Crippen LogP contribution in [0.25, 0.3) is 11.0 Å². The van der Waals surface area contributed by atoms with E-state index < -0.39 is 0 Å². The first-order chi connectivity index (χ1) is 12.6. The minimum atomic E-state index is -0.285. The molecule has 1 heterocycles. The number of aryl methyl sites for hydroxylation is 1. The second-order valence-electron chi connectivity index (χ2n) is 6.74. The summed E-state index contributed by atoms with van der Waals surface area (Å²) in [7, 11) is 0. The zero-order valence-electron chi connectivity index (χ0n) is 15.0. The van der Waals surface area contributed by atoms with Crippen LogP contribution in [0, 0.1) is 6.92 Å². The first kappa shape index (κ1) is 16.9. The molecule has 1 aromatic heterocycles. The highest BCUT2D eigenvalue weighted by atomic mass is 32.2. The molecule has 26 heavy (non-hydrogen) atoms. The maximum Gasteiger partial charge on any atom is 0.116 e. The quantitative estimate of drug-likeness (QED) is 0.444. The van der Waals surface area contributed by atoms with Crippen molar-refractivity contribution in [3.05, 3.63) is 90.0 Å². The number of aromatic nitrogens is 3. The van der Waals surface area contributed by atoms with Gasteiger partial charge in [0.15, 0.2) is 0 Å². The van der Waals surface area contributed by atoms with Crippen molar-refractivity contribution in [2.24, 2.45) is 0 Å². The van der Waals surface area contributed by atoms with Crippen LogP contribution in [0.15, 0.2) is 83.8 Å². The number of hydrogen-bond donors (Lipinski definition) is 0. The highest BCUT2D eigenvalue weighted by Crippen LogP contribution is 2.40. The van der Waals surface area contributed by atoms with E-state index in [4.69, 9.17) is 0 Å². The highest BCUT2D eigenvalue weighted by Gasteiger charge is 2.31. The molecule has 0 saturated heterocycles. The summed E-state index contributed by atoms with van der Waals surface area (Å²) in [6, 6.07) is 27.4. The smallest absolute Gasteiger partial charge is 0.116 e. The Labute approximate surface area is 158 Å². The predicted molar refractivity (Wildman–Crippen MR) is 108 cm³/mol. The molecule has 0 saturated carbocycles. The Morgan fingerprint density at radius 3 is 2.35 bits per heavy atom. The fraction of sp³-hybridized carbons (Fsp3) is 0.182. The van der Waals surface area contributed by atoms with Crippen LogP contribution in [0.2, 0.25) is 0 Å².